The SMILES string of the molecule is C[Si](C)(C)c1ccc(-c2cccc3c2C=C(CC2CCCCC2)[CH]3[Zr]([CH3])([CH3])(=[SiH2])[CH]2C(CC3CCCCC3)=Cc3c(-c4ccc([Si](C)(C)C)cc4)cccc32)cc1.Cl.Cl. The van der Waals surface area contributed by atoms with Gasteiger partial charge >= 0.3 is 348 Å². The van der Waals surface area contributed by atoms with Gasteiger partial charge in [0, 0.05) is 0 Å². The Morgan fingerprint density at radius 1 is 0.500 bits per heavy atom. The molecule has 2 fully saturated rings. The zero-order valence-electron chi connectivity index (χ0n) is 37.1. The molecular formula is C52H72Cl2Si3Zr. The van der Waals surface area contributed by atoms with Crippen LogP contribution in [0.2, 0.25) is 48.5 Å². The fourth-order valence-corrected chi connectivity index (χ4v) is 34.0. The molecule has 0 aromatic heterocycles. The van der Waals surface area contributed by atoms with Crippen LogP contribution in [0, 0.1) is 11.8 Å². The summed E-state index contributed by atoms with van der Waals surface area (Å²) in [5.74, 6) is 1.67. The quantitative estimate of drug-likeness (QED) is 0.139. The molecule has 58 heavy (non-hydrogen) atoms. The molecule has 0 N–H and O–H groups in total. The zero-order chi connectivity index (χ0) is 39.5. The average molecular weight is 944 g/mol. The molecule has 4 aromatic carbocycles. The van der Waals surface area contributed by atoms with Crippen LogP contribution in [0.5, 0.6) is 0 Å². The molecule has 4 aliphatic rings. The van der Waals surface area contributed by atoms with E-state index in [1.807, 2.05) is 0 Å². The summed E-state index contributed by atoms with van der Waals surface area (Å²) in [6.45, 7) is 17.4. The monoisotopic (exact) mass is 940 g/mol. The van der Waals surface area contributed by atoms with Crippen molar-refractivity contribution in [2.24, 2.45) is 11.8 Å². The summed E-state index contributed by atoms with van der Waals surface area (Å²) in [4.78, 5) is 0. The van der Waals surface area contributed by atoms with E-state index in [0.29, 0.717) is 7.25 Å². The molecule has 0 bridgehead atoms. The van der Waals surface area contributed by atoms with E-state index in [1.54, 1.807) is 43.8 Å². The molecule has 4 aliphatic carbocycles. The van der Waals surface area contributed by atoms with E-state index < -0.39 is 33.5 Å². The van der Waals surface area contributed by atoms with Crippen LogP contribution in [0.25, 0.3) is 34.4 Å². The van der Waals surface area contributed by atoms with Crippen molar-refractivity contribution in [3.8, 4) is 22.3 Å². The number of rotatable bonds is 10. The molecule has 310 valence electrons. The van der Waals surface area contributed by atoms with Gasteiger partial charge in [-0.1, -0.05) is 0 Å². The Hall–Kier alpha value is -1.53. The summed E-state index contributed by atoms with van der Waals surface area (Å²) >= 11 is -3.84. The predicted molar refractivity (Wildman–Crippen MR) is 268 cm³/mol. The Bertz CT molecular complexity index is 2070. The maximum Gasteiger partial charge on any atom is -0.147 e. The molecule has 0 heterocycles. The number of halogens is 2. The molecule has 0 saturated heterocycles. The van der Waals surface area contributed by atoms with E-state index in [9.17, 15) is 0 Å². The van der Waals surface area contributed by atoms with E-state index in [0.717, 1.165) is 11.8 Å². The molecular weight excluding hydrogens is 871 g/mol. The normalized spacial score (nSPS) is 20.4. The van der Waals surface area contributed by atoms with Crippen LogP contribution in [0.15, 0.2) is 96.1 Å². The van der Waals surface area contributed by atoms with Gasteiger partial charge in [-0.05, 0) is 0 Å². The van der Waals surface area contributed by atoms with E-state index in [2.05, 4.69) is 153 Å². The number of benzene rings is 4. The summed E-state index contributed by atoms with van der Waals surface area (Å²) < 4.78 is 6.96. The Balaban J connectivity index is 0.00000283. The van der Waals surface area contributed by atoms with Crippen molar-refractivity contribution in [3.05, 3.63) is 118 Å². The van der Waals surface area contributed by atoms with Crippen molar-refractivity contribution < 1.29 is 17.4 Å². The molecule has 6 heteroatoms. The molecule has 0 spiro atoms. The molecule has 8 rings (SSSR count). The van der Waals surface area contributed by atoms with Crippen molar-refractivity contribution >= 4 is 70.4 Å². The number of allylic oxidation sites excluding steroid dienone is 2. The van der Waals surface area contributed by atoms with E-state index >= 15 is 0 Å². The first-order chi connectivity index (χ1) is 26.6. The van der Waals surface area contributed by atoms with Crippen LogP contribution < -0.4 is 10.4 Å². The molecule has 0 nitrogen and oxygen atoms in total. The molecule has 0 aliphatic heterocycles. The fourth-order valence-electron chi connectivity index (χ4n) is 11.9. The van der Waals surface area contributed by atoms with Gasteiger partial charge in [0.1, 0.15) is 0 Å². The number of fused-ring (bicyclic) bond motifs is 2. The topological polar surface area (TPSA) is 0 Å². The number of hydrogen-bond donors (Lipinski definition) is 0. The van der Waals surface area contributed by atoms with Crippen molar-refractivity contribution in [1.82, 2.24) is 0 Å². The number of hydrogen-bond acceptors (Lipinski definition) is 0. The van der Waals surface area contributed by atoms with Crippen LogP contribution in [0.1, 0.15) is 107 Å². The van der Waals surface area contributed by atoms with Crippen molar-refractivity contribution in [3.63, 3.8) is 0 Å². The van der Waals surface area contributed by atoms with Gasteiger partial charge in [0.2, 0.25) is 0 Å². The van der Waals surface area contributed by atoms with E-state index in [-0.39, 0.29) is 24.8 Å². The molecule has 0 amide bonds. The minimum atomic E-state index is -3.84. The maximum absolute atomic E-state index is 3.84. The third-order valence-corrected chi connectivity index (χ3v) is 36.5. The molecule has 2 atom stereocenters. The largest absolute Gasteiger partial charge is 0.147 e. The summed E-state index contributed by atoms with van der Waals surface area (Å²) in [5, 5.41) is 3.10. The minimum Gasteiger partial charge on any atom is -0.147 e. The molecule has 4 aromatic rings. The van der Waals surface area contributed by atoms with Crippen molar-refractivity contribution in [2.45, 2.75) is 133 Å². The van der Waals surface area contributed by atoms with E-state index in [1.165, 1.54) is 99.3 Å². The Morgan fingerprint density at radius 2 is 0.845 bits per heavy atom. The van der Waals surface area contributed by atoms with Gasteiger partial charge in [0.25, 0.3) is 0 Å². The van der Waals surface area contributed by atoms with Crippen LogP contribution in [0.4, 0.5) is 0 Å². The second-order valence-corrected chi connectivity index (χ2v) is 62.6. The minimum absolute atomic E-state index is 0. The van der Waals surface area contributed by atoms with Gasteiger partial charge in [-0.25, -0.2) is 0 Å². The van der Waals surface area contributed by atoms with Crippen LogP contribution >= 0.6 is 24.8 Å². The van der Waals surface area contributed by atoms with Gasteiger partial charge in [-0.3, -0.25) is 0 Å². The first kappa shape index (κ1) is 46.0. The van der Waals surface area contributed by atoms with Crippen LogP contribution in [-0.2, 0) is 17.4 Å². The second kappa shape index (κ2) is 17.7. The maximum atomic E-state index is 2.91. The Kier molecular flexibility index (Phi) is 14.0. The summed E-state index contributed by atoms with van der Waals surface area (Å²) in [6, 6.07) is 34.4. The summed E-state index contributed by atoms with van der Waals surface area (Å²) in [7, 11) is -2.74. The third-order valence-electron chi connectivity index (χ3n) is 14.8. The first-order valence-corrected chi connectivity index (χ1v) is 43.2. The summed E-state index contributed by atoms with van der Waals surface area (Å²) in [6.07, 6.45) is 22.3. The second-order valence-electron chi connectivity index (χ2n) is 21.9. The van der Waals surface area contributed by atoms with E-state index in [4.69, 9.17) is 0 Å². The van der Waals surface area contributed by atoms with Crippen molar-refractivity contribution in [2.75, 3.05) is 0 Å². The molecule has 0 radical (unpaired) electrons. The van der Waals surface area contributed by atoms with Gasteiger partial charge in [0.15, 0.2) is 0 Å². The first-order valence-electron chi connectivity index (χ1n) is 22.5. The van der Waals surface area contributed by atoms with Crippen LogP contribution in [0.3, 0.4) is 0 Å². The van der Waals surface area contributed by atoms with Crippen LogP contribution in [-0.4, -0.2) is 23.0 Å². The smallest absolute Gasteiger partial charge is 0.147 e. The standard InChI is InChI=1S/2C25H31Si.2CH3.2ClH.H2Si.Zr/c2*1-26(2,3)23-14-12-21(13-15-23)24-11-7-10-22-17-20(18-25(22)24)16-19-8-5-4-6-9-19;;;;;;/h2*7,10-15,17-19H,4-6,8-9,16H2,1-3H3;2*1H3;2*1H;1H2;. The van der Waals surface area contributed by atoms with Gasteiger partial charge in [0.05, 0.1) is 0 Å². The summed E-state index contributed by atoms with van der Waals surface area (Å²) in [5.41, 5.74) is 15.7. The Morgan fingerprint density at radius 3 is 1.17 bits per heavy atom. The third kappa shape index (κ3) is 9.15. The van der Waals surface area contributed by atoms with Gasteiger partial charge in [-0.15, -0.1) is 24.8 Å². The zero-order valence-corrected chi connectivity index (χ0v) is 44.6. The Labute approximate surface area is 369 Å². The average Bonchev–Trinajstić information content (AvgIpc) is 3.74. The van der Waals surface area contributed by atoms with Gasteiger partial charge in [-0.2, -0.15) is 0 Å². The fraction of sp³-hybridized carbons (Fsp3) is 0.462. The van der Waals surface area contributed by atoms with Gasteiger partial charge < -0.3 is 0 Å². The molecule has 2 unspecified atom stereocenters. The van der Waals surface area contributed by atoms with Crippen molar-refractivity contribution in [1.29, 1.82) is 0 Å². The predicted octanol–water partition coefficient (Wildman–Crippen LogP) is 14.8. The molecule has 2 saturated carbocycles.